The van der Waals surface area contributed by atoms with E-state index in [2.05, 4.69) is 5.32 Å². The predicted octanol–water partition coefficient (Wildman–Crippen LogP) is 1.71. The molecule has 4 nitrogen and oxygen atoms in total. The summed E-state index contributed by atoms with van der Waals surface area (Å²) in [7, 11) is 0. The van der Waals surface area contributed by atoms with Crippen LogP contribution in [0.1, 0.15) is 19.4 Å². The third-order valence-electron chi connectivity index (χ3n) is 2.06. The molecule has 0 unspecified atom stereocenters. The third kappa shape index (κ3) is 5.03. The van der Waals surface area contributed by atoms with Crippen molar-refractivity contribution in [3.05, 3.63) is 29.8 Å². The highest BCUT2D eigenvalue weighted by atomic mass is 16.5. The van der Waals surface area contributed by atoms with Gasteiger partial charge < -0.3 is 10.1 Å². The molecule has 1 rings (SSSR count). The van der Waals surface area contributed by atoms with E-state index in [-0.39, 0.29) is 12.5 Å². The molecule has 0 fully saturated rings. The molecule has 0 aliphatic rings. The van der Waals surface area contributed by atoms with Crippen LogP contribution in [0, 0.1) is 17.2 Å². The van der Waals surface area contributed by atoms with Crippen LogP contribution in [0.4, 0.5) is 0 Å². The quantitative estimate of drug-likeness (QED) is 0.840. The molecule has 0 heterocycles. The SMILES string of the molecule is CC(C)CNC(=O)COc1ccc(C#N)cc1. The minimum Gasteiger partial charge on any atom is -0.484 e. The van der Waals surface area contributed by atoms with Gasteiger partial charge in [0.05, 0.1) is 11.6 Å². The van der Waals surface area contributed by atoms with Crippen molar-refractivity contribution in [2.24, 2.45) is 5.92 Å². The molecule has 0 atom stereocenters. The number of nitrogens with one attached hydrogen (secondary N) is 1. The molecule has 0 aliphatic heterocycles. The summed E-state index contributed by atoms with van der Waals surface area (Å²) >= 11 is 0. The summed E-state index contributed by atoms with van der Waals surface area (Å²) in [6, 6.07) is 8.67. The Kier molecular flexibility index (Phi) is 5.02. The number of hydrogen-bond acceptors (Lipinski definition) is 3. The zero-order valence-electron chi connectivity index (χ0n) is 10.1. The van der Waals surface area contributed by atoms with E-state index in [4.69, 9.17) is 10.00 Å². The summed E-state index contributed by atoms with van der Waals surface area (Å²) in [6.45, 7) is 4.71. The molecule has 1 N–H and O–H groups in total. The first-order chi connectivity index (χ1) is 8.11. The molecule has 0 aromatic heterocycles. The molecular weight excluding hydrogens is 216 g/mol. The van der Waals surface area contributed by atoms with Crippen LogP contribution in [0.3, 0.4) is 0 Å². The van der Waals surface area contributed by atoms with Crippen LogP contribution < -0.4 is 10.1 Å². The molecule has 0 spiro atoms. The summed E-state index contributed by atoms with van der Waals surface area (Å²) in [6.07, 6.45) is 0. The standard InChI is InChI=1S/C13H16N2O2/c1-10(2)8-15-13(16)9-17-12-5-3-11(7-14)4-6-12/h3-6,10H,8-9H2,1-2H3,(H,15,16). The van der Waals surface area contributed by atoms with Gasteiger partial charge >= 0.3 is 0 Å². The number of carbonyl (C=O) groups excluding carboxylic acids is 1. The highest BCUT2D eigenvalue weighted by Crippen LogP contribution is 2.11. The van der Waals surface area contributed by atoms with Crippen molar-refractivity contribution >= 4 is 5.91 Å². The second kappa shape index (κ2) is 6.54. The van der Waals surface area contributed by atoms with Crippen LogP contribution in [0.5, 0.6) is 5.75 Å². The van der Waals surface area contributed by atoms with Gasteiger partial charge in [-0.15, -0.1) is 0 Å². The molecule has 0 aliphatic carbocycles. The summed E-state index contributed by atoms with van der Waals surface area (Å²) in [5, 5.41) is 11.4. The van der Waals surface area contributed by atoms with Gasteiger partial charge in [0.2, 0.25) is 0 Å². The van der Waals surface area contributed by atoms with Gasteiger partial charge in [-0.2, -0.15) is 5.26 Å². The molecule has 90 valence electrons. The zero-order valence-corrected chi connectivity index (χ0v) is 10.1. The monoisotopic (exact) mass is 232 g/mol. The number of nitriles is 1. The molecule has 0 saturated carbocycles. The molecule has 17 heavy (non-hydrogen) atoms. The molecule has 1 amide bonds. The Morgan fingerprint density at radius 1 is 1.41 bits per heavy atom. The van der Waals surface area contributed by atoms with Crippen LogP contribution in [0.25, 0.3) is 0 Å². The van der Waals surface area contributed by atoms with E-state index in [1.54, 1.807) is 24.3 Å². The lowest BCUT2D eigenvalue weighted by atomic mass is 10.2. The van der Waals surface area contributed by atoms with Crippen molar-refractivity contribution in [2.75, 3.05) is 13.2 Å². The third-order valence-corrected chi connectivity index (χ3v) is 2.06. The number of ether oxygens (including phenoxy) is 1. The van der Waals surface area contributed by atoms with E-state index in [9.17, 15) is 4.79 Å². The van der Waals surface area contributed by atoms with Crippen molar-refractivity contribution in [3.8, 4) is 11.8 Å². The van der Waals surface area contributed by atoms with Crippen molar-refractivity contribution in [3.63, 3.8) is 0 Å². The van der Waals surface area contributed by atoms with Gasteiger partial charge in [0.15, 0.2) is 6.61 Å². The number of carbonyl (C=O) groups is 1. The zero-order chi connectivity index (χ0) is 12.7. The molecule has 0 bridgehead atoms. The van der Waals surface area contributed by atoms with Crippen LogP contribution in [0.2, 0.25) is 0 Å². The highest BCUT2D eigenvalue weighted by Gasteiger charge is 2.03. The molecule has 0 radical (unpaired) electrons. The number of hydrogen-bond donors (Lipinski definition) is 1. The first kappa shape index (κ1) is 13.0. The van der Waals surface area contributed by atoms with Gasteiger partial charge in [-0.05, 0) is 30.2 Å². The fraction of sp³-hybridized carbons (Fsp3) is 0.385. The Hall–Kier alpha value is -2.02. The maximum atomic E-state index is 11.4. The Balaban J connectivity index is 2.35. The number of benzene rings is 1. The Morgan fingerprint density at radius 2 is 2.06 bits per heavy atom. The summed E-state index contributed by atoms with van der Waals surface area (Å²) in [5.41, 5.74) is 0.571. The number of nitrogens with zero attached hydrogens (tertiary/aromatic N) is 1. The minimum absolute atomic E-state index is 0.00137. The Morgan fingerprint density at radius 3 is 2.59 bits per heavy atom. The van der Waals surface area contributed by atoms with E-state index in [1.165, 1.54) is 0 Å². The maximum Gasteiger partial charge on any atom is 0.257 e. The van der Waals surface area contributed by atoms with Gasteiger partial charge in [-0.3, -0.25) is 4.79 Å². The van der Waals surface area contributed by atoms with Crippen molar-refractivity contribution in [1.29, 1.82) is 5.26 Å². The van der Waals surface area contributed by atoms with E-state index >= 15 is 0 Å². The van der Waals surface area contributed by atoms with Crippen molar-refractivity contribution in [2.45, 2.75) is 13.8 Å². The van der Waals surface area contributed by atoms with E-state index in [1.807, 2.05) is 19.9 Å². The summed E-state index contributed by atoms with van der Waals surface area (Å²) in [5.74, 6) is 0.876. The van der Waals surface area contributed by atoms with E-state index < -0.39 is 0 Å². The summed E-state index contributed by atoms with van der Waals surface area (Å²) in [4.78, 5) is 11.4. The largest absolute Gasteiger partial charge is 0.484 e. The lowest BCUT2D eigenvalue weighted by Crippen LogP contribution is -2.31. The smallest absolute Gasteiger partial charge is 0.257 e. The van der Waals surface area contributed by atoms with E-state index in [0.717, 1.165) is 0 Å². The average molecular weight is 232 g/mol. The lowest BCUT2D eigenvalue weighted by molar-refractivity contribution is -0.123. The lowest BCUT2D eigenvalue weighted by Gasteiger charge is -2.08. The fourth-order valence-electron chi connectivity index (χ4n) is 1.14. The van der Waals surface area contributed by atoms with Gasteiger partial charge in [0.1, 0.15) is 5.75 Å². The van der Waals surface area contributed by atoms with Gasteiger partial charge in [-0.25, -0.2) is 0 Å². The molecule has 1 aromatic rings. The fourth-order valence-corrected chi connectivity index (χ4v) is 1.14. The van der Waals surface area contributed by atoms with Gasteiger partial charge in [0, 0.05) is 6.54 Å². The van der Waals surface area contributed by atoms with Crippen LogP contribution in [-0.2, 0) is 4.79 Å². The van der Waals surface area contributed by atoms with Crippen LogP contribution in [-0.4, -0.2) is 19.1 Å². The van der Waals surface area contributed by atoms with Gasteiger partial charge in [-0.1, -0.05) is 13.8 Å². The normalized spacial score (nSPS) is 9.76. The molecular formula is C13H16N2O2. The predicted molar refractivity (Wildman–Crippen MR) is 64.5 cm³/mol. The van der Waals surface area contributed by atoms with Crippen molar-refractivity contribution in [1.82, 2.24) is 5.32 Å². The maximum absolute atomic E-state index is 11.4. The second-order valence-electron chi connectivity index (χ2n) is 4.12. The topological polar surface area (TPSA) is 62.1 Å². The summed E-state index contributed by atoms with van der Waals surface area (Å²) < 4.78 is 5.28. The number of rotatable bonds is 5. The van der Waals surface area contributed by atoms with Crippen LogP contribution in [0.15, 0.2) is 24.3 Å². The first-order valence-electron chi connectivity index (χ1n) is 5.51. The second-order valence-corrected chi connectivity index (χ2v) is 4.12. The van der Waals surface area contributed by atoms with E-state index in [0.29, 0.717) is 23.8 Å². The van der Waals surface area contributed by atoms with Crippen LogP contribution >= 0.6 is 0 Å². The Labute approximate surface area is 101 Å². The highest BCUT2D eigenvalue weighted by molar-refractivity contribution is 5.77. The molecule has 1 aromatic carbocycles. The Bertz CT molecular complexity index is 404. The first-order valence-corrected chi connectivity index (χ1v) is 5.51. The number of amides is 1. The van der Waals surface area contributed by atoms with Crippen molar-refractivity contribution < 1.29 is 9.53 Å². The average Bonchev–Trinajstić information content (AvgIpc) is 2.34. The minimum atomic E-state index is -0.136. The molecule has 0 saturated heterocycles. The van der Waals surface area contributed by atoms with Gasteiger partial charge in [0.25, 0.3) is 5.91 Å². The molecule has 4 heteroatoms.